The number of unbranched alkanes of at least 4 members (excludes halogenated alkanes) is 25. The lowest BCUT2D eigenvalue weighted by Gasteiger charge is -2.18. The van der Waals surface area contributed by atoms with Gasteiger partial charge >= 0.3 is 17.9 Å². The minimum absolute atomic E-state index is 0.108. The molecule has 73 heavy (non-hydrogen) atoms. The van der Waals surface area contributed by atoms with E-state index in [1.165, 1.54) is 122 Å². The Bertz CT molecular complexity index is 1490. The molecular formula is C67H112O6. The number of hydrogen-bond donors (Lipinski definition) is 0. The van der Waals surface area contributed by atoms with Crippen molar-refractivity contribution in [2.45, 2.75) is 284 Å². The molecule has 0 aliphatic rings. The van der Waals surface area contributed by atoms with Gasteiger partial charge in [0.15, 0.2) is 6.10 Å². The molecule has 0 saturated carbocycles. The highest BCUT2D eigenvalue weighted by Gasteiger charge is 2.19. The Kier molecular flexibility index (Phi) is 57.4. The monoisotopic (exact) mass is 1010 g/mol. The minimum atomic E-state index is -0.817. The van der Waals surface area contributed by atoms with Crippen LogP contribution < -0.4 is 0 Å². The van der Waals surface area contributed by atoms with Crippen molar-refractivity contribution >= 4 is 17.9 Å². The molecule has 6 heteroatoms. The maximum absolute atomic E-state index is 12.8. The molecule has 0 saturated heterocycles. The second-order valence-electron chi connectivity index (χ2n) is 19.8. The first-order chi connectivity index (χ1) is 36.0. The summed E-state index contributed by atoms with van der Waals surface area (Å²) in [6.45, 7) is 6.33. The van der Waals surface area contributed by atoms with Crippen LogP contribution in [0, 0.1) is 0 Å². The largest absolute Gasteiger partial charge is 0.462 e. The number of allylic oxidation sites excluding steroid dienone is 18. The third-order valence-corrected chi connectivity index (χ3v) is 12.8. The first-order valence-corrected chi connectivity index (χ1v) is 30.4. The van der Waals surface area contributed by atoms with Gasteiger partial charge in [-0.25, -0.2) is 0 Å². The topological polar surface area (TPSA) is 78.9 Å². The van der Waals surface area contributed by atoms with Crippen LogP contribution in [0.25, 0.3) is 0 Å². The van der Waals surface area contributed by atoms with Gasteiger partial charge in [0.2, 0.25) is 0 Å². The molecule has 0 aliphatic heterocycles. The highest BCUT2D eigenvalue weighted by atomic mass is 16.6. The summed E-state index contributed by atoms with van der Waals surface area (Å²) in [6.07, 6.45) is 82.6. The van der Waals surface area contributed by atoms with Gasteiger partial charge in [-0.15, -0.1) is 0 Å². The van der Waals surface area contributed by atoms with Crippen LogP contribution in [0.5, 0.6) is 0 Å². The molecule has 0 radical (unpaired) electrons. The van der Waals surface area contributed by atoms with Crippen molar-refractivity contribution in [3.63, 3.8) is 0 Å². The quantitative estimate of drug-likeness (QED) is 0.0261. The number of carbonyl (C=O) groups excluding carboxylic acids is 3. The van der Waals surface area contributed by atoms with Gasteiger partial charge in [-0.2, -0.15) is 0 Å². The summed E-state index contributed by atoms with van der Waals surface area (Å²) in [5, 5.41) is 0. The van der Waals surface area contributed by atoms with Crippen molar-refractivity contribution in [2.75, 3.05) is 13.2 Å². The summed E-state index contributed by atoms with van der Waals surface area (Å²) in [5.74, 6) is -1.01. The molecule has 0 N–H and O–H groups in total. The summed E-state index contributed by atoms with van der Waals surface area (Å²) in [7, 11) is 0. The van der Waals surface area contributed by atoms with Crippen LogP contribution in [-0.2, 0) is 28.6 Å². The average Bonchev–Trinajstić information content (AvgIpc) is 3.39. The van der Waals surface area contributed by atoms with Gasteiger partial charge < -0.3 is 14.2 Å². The second-order valence-corrected chi connectivity index (χ2v) is 19.8. The molecule has 6 nitrogen and oxygen atoms in total. The Labute approximate surface area is 450 Å². The SMILES string of the molecule is CC/C=C\C/C=C\C/C=C\C/C=C\CCC(=O)OCC(COC(=O)CCCCCCCCCCCCCCCCC/C=C\C/C=C\CCCCCCC)OC(=O)CCCCCCC/C=C\C/C=C\C/C=C\CC. The summed E-state index contributed by atoms with van der Waals surface area (Å²) < 4.78 is 16.8. The number of rotatable bonds is 54. The molecule has 0 amide bonds. The van der Waals surface area contributed by atoms with Crippen LogP contribution in [0.1, 0.15) is 278 Å². The van der Waals surface area contributed by atoms with E-state index in [0.717, 1.165) is 109 Å². The lowest BCUT2D eigenvalue weighted by molar-refractivity contribution is -0.166. The van der Waals surface area contributed by atoms with Crippen LogP contribution >= 0.6 is 0 Å². The Morgan fingerprint density at radius 1 is 0.288 bits per heavy atom. The van der Waals surface area contributed by atoms with E-state index in [9.17, 15) is 14.4 Å². The predicted molar refractivity (Wildman–Crippen MR) is 316 cm³/mol. The molecule has 1 atom stereocenters. The van der Waals surface area contributed by atoms with E-state index in [1.807, 2.05) is 6.08 Å². The van der Waals surface area contributed by atoms with Gasteiger partial charge in [0, 0.05) is 19.3 Å². The fraction of sp³-hybridized carbons (Fsp3) is 0.687. The van der Waals surface area contributed by atoms with Crippen molar-refractivity contribution in [1.82, 2.24) is 0 Å². The van der Waals surface area contributed by atoms with Crippen LogP contribution in [0.2, 0.25) is 0 Å². The van der Waals surface area contributed by atoms with Crippen LogP contribution in [0.3, 0.4) is 0 Å². The lowest BCUT2D eigenvalue weighted by atomic mass is 10.0. The van der Waals surface area contributed by atoms with Gasteiger partial charge in [0.25, 0.3) is 0 Å². The van der Waals surface area contributed by atoms with Crippen molar-refractivity contribution in [1.29, 1.82) is 0 Å². The predicted octanol–water partition coefficient (Wildman–Crippen LogP) is 20.7. The van der Waals surface area contributed by atoms with Gasteiger partial charge in [-0.05, 0) is 109 Å². The fourth-order valence-corrected chi connectivity index (χ4v) is 8.27. The molecule has 0 aromatic rings. The summed E-state index contributed by atoms with van der Waals surface area (Å²) in [6, 6.07) is 0. The average molecular weight is 1010 g/mol. The Balaban J connectivity index is 4.30. The van der Waals surface area contributed by atoms with E-state index >= 15 is 0 Å². The zero-order chi connectivity index (χ0) is 52.9. The molecule has 0 bridgehead atoms. The van der Waals surface area contributed by atoms with Gasteiger partial charge in [0.1, 0.15) is 13.2 Å². The fourth-order valence-electron chi connectivity index (χ4n) is 8.27. The smallest absolute Gasteiger partial charge is 0.306 e. The van der Waals surface area contributed by atoms with Gasteiger partial charge in [-0.1, -0.05) is 259 Å². The molecule has 0 rings (SSSR count). The van der Waals surface area contributed by atoms with E-state index in [4.69, 9.17) is 14.2 Å². The number of hydrogen-bond acceptors (Lipinski definition) is 6. The van der Waals surface area contributed by atoms with E-state index in [0.29, 0.717) is 19.3 Å². The van der Waals surface area contributed by atoms with E-state index in [-0.39, 0.29) is 37.5 Å². The van der Waals surface area contributed by atoms with Crippen molar-refractivity contribution in [2.24, 2.45) is 0 Å². The van der Waals surface area contributed by atoms with Crippen LogP contribution in [0.4, 0.5) is 0 Å². The minimum Gasteiger partial charge on any atom is -0.462 e. The van der Waals surface area contributed by atoms with Crippen LogP contribution in [-0.4, -0.2) is 37.2 Å². The molecular weight excluding hydrogens is 901 g/mol. The first-order valence-electron chi connectivity index (χ1n) is 30.4. The third kappa shape index (κ3) is 58.8. The van der Waals surface area contributed by atoms with Crippen molar-refractivity contribution < 1.29 is 28.6 Å². The number of carbonyl (C=O) groups is 3. The molecule has 1 unspecified atom stereocenters. The standard InChI is InChI=1S/C67H112O6/c1-4-7-10-13-16-19-22-25-27-28-29-30-31-32-33-34-35-36-37-38-40-42-45-48-51-54-57-60-66(69)72-63-64(62-71-65(68)59-56-53-50-47-44-41-24-21-18-15-12-9-6-3)73-67(70)61-58-55-52-49-46-43-39-26-23-20-17-14-11-8-5-2/h8-9,11-12,17-18,20-22,25-26,28-29,39,41,44,50,53,64H,4-7,10,13-16,19,23-24,27,30-38,40,42-43,45-49,51-52,54-63H2,1-3H3/b11-8-,12-9-,20-17-,21-18-,25-22-,29-28-,39-26-,44-41-,53-50-. The molecule has 0 heterocycles. The number of ether oxygens (including phenoxy) is 3. The van der Waals surface area contributed by atoms with E-state index in [2.05, 4.69) is 124 Å². The zero-order valence-electron chi connectivity index (χ0n) is 47.6. The Hall–Kier alpha value is -3.93. The molecule has 0 aromatic carbocycles. The Morgan fingerprint density at radius 2 is 0.562 bits per heavy atom. The van der Waals surface area contributed by atoms with Crippen LogP contribution in [0.15, 0.2) is 109 Å². The normalized spacial score (nSPS) is 12.9. The lowest BCUT2D eigenvalue weighted by Crippen LogP contribution is -2.30. The molecule has 0 aliphatic carbocycles. The summed E-state index contributed by atoms with van der Waals surface area (Å²) in [4.78, 5) is 38.1. The maximum Gasteiger partial charge on any atom is 0.306 e. The van der Waals surface area contributed by atoms with Crippen molar-refractivity contribution in [3.05, 3.63) is 109 Å². The highest BCUT2D eigenvalue weighted by Crippen LogP contribution is 2.16. The molecule has 0 fully saturated rings. The summed E-state index contributed by atoms with van der Waals surface area (Å²) >= 11 is 0. The molecule has 0 aromatic heterocycles. The van der Waals surface area contributed by atoms with Gasteiger partial charge in [0.05, 0.1) is 0 Å². The summed E-state index contributed by atoms with van der Waals surface area (Å²) in [5.41, 5.74) is 0. The zero-order valence-corrected chi connectivity index (χ0v) is 47.6. The third-order valence-electron chi connectivity index (χ3n) is 12.8. The first kappa shape index (κ1) is 69.1. The van der Waals surface area contributed by atoms with Gasteiger partial charge in [-0.3, -0.25) is 14.4 Å². The highest BCUT2D eigenvalue weighted by molar-refractivity contribution is 5.71. The van der Waals surface area contributed by atoms with Crippen molar-refractivity contribution in [3.8, 4) is 0 Å². The molecule has 0 spiro atoms. The molecule has 416 valence electrons. The Morgan fingerprint density at radius 3 is 0.918 bits per heavy atom. The van der Waals surface area contributed by atoms with E-state index < -0.39 is 6.10 Å². The second kappa shape index (κ2) is 60.6. The maximum atomic E-state index is 12.8. The number of esters is 3. The van der Waals surface area contributed by atoms with E-state index in [1.54, 1.807) is 0 Å².